The third-order valence-electron chi connectivity index (χ3n) is 1.68. The Kier molecular flexibility index (Phi) is 1.43. The Bertz CT molecular complexity index is 383. The van der Waals surface area contributed by atoms with E-state index in [1.165, 1.54) is 6.20 Å². The molecule has 5 nitrogen and oxygen atoms in total. The van der Waals surface area contributed by atoms with Crippen LogP contribution in [-0.2, 0) is 6.54 Å². The molecule has 62 valence electrons. The second kappa shape index (κ2) is 2.44. The van der Waals surface area contributed by atoms with E-state index in [2.05, 4.69) is 4.98 Å². The number of carbonyl (C=O) groups is 1. The van der Waals surface area contributed by atoms with Gasteiger partial charge >= 0.3 is 0 Å². The van der Waals surface area contributed by atoms with E-state index >= 15 is 0 Å². The maximum Gasteiger partial charge on any atom is 0.299 e. The van der Waals surface area contributed by atoms with Gasteiger partial charge in [0.05, 0.1) is 12.1 Å². The first-order valence-corrected chi connectivity index (χ1v) is 3.51. The summed E-state index contributed by atoms with van der Waals surface area (Å²) < 4.78 is 6.66. The third-order valence-corrected chi connectivity index (χ3v) is 1.68. The fraction of sp³-hybridized carbons (Fsp3) is 0.286. The van der Waals surface area contributed by atoms with E-state index in [9.17, 15) is 9.59 Å². The summed E-state index contributed by atoms with van der Waals surface area (Å²) >= 11 is 0. The first kappa shape index (κ1) is 7.02. The molecule has 1 aromatic heterocycles. The van der Waals surface area contributed by atoms with Crippen LogP contribution in [0.4, 0.5) is 0 Å². The Hall–Kier alpha value is -1.65. The Labute approximate surface area is 67.6 Å². The summed E-state index contributed by atoms with van der Waals surface area (Å²) in [6.45, 7) is 1.15. The highest BCUT2D eigenvalue weighted by atomic mass is 16.5. The van der Waals surface area contributed by atoms with Gasteiger partial charge in [0.1, 0.15) is 6.61 Å². The highest BCUT2D eigenvalue weighted by Gasteiger charge is 2.13. The Morgan fingerprint density at radius 3 is 3.25 bits per heavy atom. The zero-order valence-electron chi connectivity index (χ0n) is 6.19. The first-order chi connectivity index (χ1) is 5.81. The lowest BCUT2D eigenvalue weighted by atomic mass is 10.4. The number of hydrogen-bond donors (Lipinski definition) is 0. The minimum atomic E-state index is -0.529. The second-order valence-corrected chi connectivity index (χ2v) is 2.44. The number of ether oxygens (including phenoxy) is 1. The topological polar surface area (TPSA) is 61.2 Å². The molecule has 0 bridgehead atoms. The third kappa shape index (κ3) is 0.903. The zero-order valence-corrected chi connectivity index (χ0v) is 6.19. The van der Waals surface area contributed by atoms with E-state index in [-0.39, 0.29) is 5.56 Å². The van der Waals surface area contributed by atoms with Gasteiger partial charge in [0.15, 0.2) is 6.29 Å². The number of rotatable bonds is 1. The van der Waals surface area contributed by atoms with Crippen LogP contribution in [0.5, 0.6) is 6.01 Å². The number of aldehydes is 1. The van der Waals surface area contributed by atoms with Crippen molar-refractivity contribution in [2.24, 2.45) is 0 Å². The molecule has 0 unspecified atom stereocenters. The van der Waals surface area contributed by atoms with Crippen molar-refractivity contribution < 1.29 is 9.53 Å². The van der Waals surface area contributed by atoms with E-state index in [1.807, 2.05) is 0 Å². The fourth-order valence-corrected chi connectivity index (χ4v) is 1.09. The number of aromatic nitrogens is 2. The molecule has 0 N–H and O–H groups in total. The first-order valence-electron chi connectivity index (χ1n) is 3.51. The van der Waals surface area contributed by atoms with Crippen LogP contribution in [0.2, 0.25) is 0 Å². The molecule has 0 aliphatic carbocycles. The summed E-state index contributed by atoms with van der Waals surface area (Å²) in [4.78, 5) is 24.9. The quantitative estimate of drug-likeness (QED) is 0.525. The molecule has 2 heterocycles. The van der Waals surface area contributed by atoms with Gasteiger partial charge in [-0.05, 0) is 0 Å². The summed E-state index contributed by atoms with van der Waals surface area (Å²) in [5.41, 5.74) is -0.456. The van der Waals surface area contributed by atoms with Gasteiger partial charge in [-0.25, -0.2) is 0 Å². The van der Waals surface area contributed by atoms with Gasteiger partial charge in [-0.1, -0.05) is 0 Å². The van der Waals surface area contributed by atoms with Crippen molar-refractivity contribution in [2.75, 3.05) is 6.61 Å². The lowest BCUT2D eigenvalue weighted by molar-refractivity contribution is 0.112. The average Bonchev–Trinajstić information content (AvgIpc) is 2.49. The van der Waals surface area contributed by atoms with E-state index < -0.39 is 5.56 Å². The van der Waals surface area contributed by atoms with Crippen LogP contribution in [0, 0.1) is 0 Å². The van der Waals surface area contributed by atoms with Gasteiger partial charge in [0.25, 0.3) is 11.6 Å². The van der Waals surface area contributed by atoms with Gasteiger partial charge < -0.3 is 4.74 Å². The normalized spacial score (nSPS) is 13.7. The molecule has 0 atom stereocenters. The summed E-state index contributed by atoms with van der Waals surface area (Å²) in [6.07, 6.45) is 1.96. The molecule has 0 fully saturated rings. The van der Waals surface area contributed by atoms with Crippen molar-refractivity contribution in [3.63, 3.8) is 0 Å². The molecular weight excluding hydrogens is 160 g/mol. The minimum absolute atomic E-state index is 0.0734. The molecule has 0 saturated carbocycles. The van der Waals surface area contributed by atoms with Gasteiger partial charge in [0, 0.05) is 6.20 Å². The highest BCUT2D eigenvalue weighted by Crippen LogP contribution is 2.10. The molecule has 1 aromatic rings. The predicted molar refractivity (Wildman–Crippen MR) is 39.4 cm³/mol. The summed E-state index contributed by atoms with van der Waals surface area (Å²) in [7, 11) is 0. The van der Waals surface area contributed by atoms with Gasteiger partial charge in [-0.2, -0.15) is 4.98 Å². The van der Waals surface area contributed by atoms with Crippen LogP contribution in [0.25, 0.3) is 0 Å². The zero-order chi connectivity index (χ0) is 8.55. The molecule has 2 rings (SSSR count). The summed E-state index contributed by atoms with van der Waals surface area (Å²) in [6, 6.07) is 0.297. The highest BCUT2D eigenvalue weighted by molar-refractivity contribution is 5.73. The summed E-state index contributed by atoms with van der Waals surface area (Å²) in [5.74, 6) is 0. The van der Waals surface area contributed by atoms with Gasteiger partial charge in [0.2, 0.25) is 0 Å². The second-order valence-electron chi connectivity index (χ2n) is 2.44. The van der Waals surface area contributed by atoms with E-state index in [0.717, 1.165) is 0 Å². The molecule has 1 aliphatic heterocycles. The number of hydrogen-bond acceptors (Lipinski definition) is 4. The lowest BCUT2D eigenvalue weighted by Gasteiger charge is -1.98. The standard InChI is InChI=1S/C7H6N2O3/c10-4-5-3-9-1-2-12-7(9)8-6(5)11/h3-4H,1-2H2. The SMILES string of the molecule is O=Cc1cn2c(nc1=O)OCC2. The number of fused-ring (bicyclic) bond motifs is 1. The molecule has 0 radical (unpaired) electrons. The van der Waals surface area contributed by atoms with Crippen LogP contribution < -0.4 is 10.3 Å². The molecule has 0 amide bonds. The van der Waals surface area contributed by atoms with Gasteiger partial charge in [-0.3, -0.25) is 14.2 Å². The van der Waals surface area contributed by atoms with Crippen LogP contribution in [-0.4, -0.2) is 22.4 Å². The van der Waals surface area contributed by atoms with Crippen molar-refractivity contribution in [3.05, 3.63) is 22.1 Å². The van der Waals surface area contributed by atoms with Crippen LogP contribution in [0.1, 0.15) is 10.4 Å². The molecule has 5 heteroatoms. The maximum atomic E-state index is 11.0. The van der Waals surface area contributed by atoms with Crippen LogP contribution in [0.3, 0.4) is 0 Å². The van der Waals surface area contributed by atoms with Crippen molar-refractivity contribution >= 4 is 6.29 Å². The van der Waals surface area contributed by atoms with Crippen molar-refractivity contribution in [1.82, 2.24) is 9.55 Å². The lowest BCUT2D eigenvalue weighted by Crippen LogP contribution is -2.15. The smallest absolute Gasteiger partial charge is 0.299 e. The molecular formula is C7H6N2O3. The maximum absolute atomic E-state index is 11.0. The Morgan fingerprint density at radius 1 is 1.67 bits per heavy atom. The Balaban J connectivity index is 2.64. The van der Waals surface area contributed by atoms with Crippen LogP contribution in [0.15, 0.2) is 11.0 Å². The Morgan fingerprint density at radius 2 is 2.50 bits per heavy atom. The number of carbonyl (C=O) groups excluding carboxylic acids is 1. The molecule has 0 spiro atoms. The predicted octanol–water partition coefficient (Wildman–Crippen LogP) is -0.552. The fourth-order valence-electron chi connectivity index (χ4n) is 1.09. The summed E-state index contributed by atoms with van der Waals surface area (Å²) in [5, 5.41) is 0. The molecule has 0 aromatic carbocycles. The van der Waals surface area contributed by atoms with E-state index in [4.69, 9.17) is 4.74 Å². The monoisotopic (exact) mass is 166 g/mol. The minimum Gasteiger partial charge on any atom is -0.463 e. The van der Waals surface area contributed by atoms with Crippen LogP contribution >= 0.6 is 0 Å². The van der Waals surface area contributed by atoms with Crippen molar-refractivity contribution in [3.8, 4) is 6.01 Å². The molecule has 1 aliphatic rings. The molecule has 12 heavy (non-hydrogen) atoms. The van der Waals surface area contributed by atoms with E-state index in [0.29, 0.717) is 25.4 Å². The van der Waals surface area contributed by atoms with E-state index in [1.54, 1.807) is 4.57 Å². The largest absolute Gasteiger partial charge is 0.463 e. The van der Waals surface area contributed by atoms with Crippen molar-refractivity contribution in [1.29, 1.82) is 0 Å². The average molecular weight is 166 g/mol. The van der Waals surface area contributed by atoms with Gasteiger partial charge in [-0.15, -0.1) is 0 Å². The van der Waals surface area contributed by atoms with Crippen molar-refractivity contribution in [2.45, 2.75) is 6.54 Å². The number of nitrogens with zero attached hydrogens (tertiary/aromatic N) is 2. The molecule has 0 saturated heterocycles.